The van der Waals surface area contributed by atoms with Gasteiger partial charge in [0.25, 0.3) is 5.91 Å². The molecule has 5 unspecified atom stereocenters. The molecule has 2 heterocycles. The number of nitrogens with one attached hydrogen (secondary N) is 1. The summed E-state index contributed by atoms with van der Waals surface area (Å²) in [4.78, 5) is 21.5. The summed E-state index contributed by atoms with van der Waals surface area (Å²) in [6.45, 7) is 2.07. The SMILES string of the molecule is CCC1CC(c2ccncc2NC(=O)c2ccc(F)c(-c3c(F)cccc3OC)n2)CC(N)C1S(C)=O. The van der Waals surface area contributed by atoms with Crippen LogP contribution in [0.25, 0.3) is 11.3 Å². The van der Waals surface area contributed by atoms with Crippen molar-refractivity contribution in [2.75, 3.05) is 18.7 Å². The maximum atomic E-state index is 14.7. The monoisotopic (exact) mass is 528 g/mol. The molecule has 196 valence electrons. The van der Waals surface area contributed by atoms with E-state index in [-0.39, 0.29) is 45.8 Å². The number of methoxy groups -OCH3 is 1. The summed E-state index contributed by atoms with van der Waals surface area (Å²) in [5, 5.41) is 2.76. The van der Waals surface area contributed by atoms with Gasteiger partial charge in [-0.25, -0.2) is 13.8 Å². The van der Waals surface area contributed by atoms with Gasteiger partial charge in [-0.2, -0.15) is 0 Å². The van der Waals surface area contributed by atoms with Crippen molar-refractivity contribution >= 4 is 22.4 Å². The van der Waals surface area contributed by atoms with Gasteiger partial charge in [0, 0.05) is 29.3 Å². The van der Waals surface area contributed by atoms with Crippen LogP contribution < -0.4 is 15.8 Å². The lowest BCUT2D eigenvalue weighted by Gasteiger charge is -2.39. The summed E-state index contributed by atoms with van der Waals surface area (Å²) < 4.78 is 46.8. The third kappa shape index (κ3) is 5.55. The minimum atomic E-state index is -1.03. The molecule has 1 fully saturated rings. The molecule has 0 saturated heterocycles. The number of aromatic nitrogens is 2. The Hall–Kier alpha value is -3.24. The molecule has 0 bridgehead atoms. The highest BCUT2D eigenvalue weighted by Crippen LogP contribution is 2.41. The lowest BCUT2D eigenvalue weighted by atomic mass is 9.74. The molecular formula is C27H30F2N4O3S. The molecule has 0 aliphatic heterocycles. The zero-order valence-corrected chi connectivity index (χ0v) is 21.7. The van der Waals surface area contributed by atoms with Gasteiger partial charge in [-0.1, -0.05) is 19.4 Å². The first-order chi connectivity index (χ1) is 17.7. The van der Waals surface area contributed by atoms with E-state index in [1.54, 1.807) is 18.6 Å². The number of rotatable bonds is 7. The van der Waals surface area contributed by atoms with Crippen molar-refractivity contribution in [3.8, 4) is 17.0 Å². The van der Waals surface area contributed by atoms with Crippen LogP contribution in [0.3, 0.4) is 0 Å². The van der Waals surface area contributed by atoms with Crippen molar-refractivity contribution in [1.29, 1.82) is 0 Å². The Morgan fingerprint density at radius 3 is 2.68 bits per heavy atom. The van der Waals surface area contributed by atoms with Gasteiger partial charge in [0.15, 0.2) is 0 Å². The lowest BCUT2D eigenvalue weighted by molar-refractivity contribution is 0.102. The van der Waals surface area contributed by atoms with Crippen LogP contribution in [0.15, 0.2) is 48.8 Å². The molecule has 5 atom stereocenters. The Balaban J connectivity index is 1.63. The molecule has 1 saturated carbocycles. The standard InChI is InChI=1S/C27H30F2N4O3S/c1-4-15-12-16(13-20(30)26(15)37(3)35)17-10-11-31-14-22(17)33-27(34)21-9-8-19(29)25(32-21)24-18(28)6-5-7-23(24)36-2/h5-11,14-16,20,26H,4,12-13,30H2,1-3H3,(H,33,34). The first kappa shape index (κ1) is 26.8. The predicted octanol–water partition coefficient (Wildman–Crippen LogP) is 4.66. The molecule has 1 aromatic carbocycles. The molecule has 3 aromatic rings. The molecule has 2 aromatic heterocycles. The van der Waals surface area contributed by atoms with Crippen LogP contribution in [0.2, 0.25) is 0 Å². The van der Waals surface area contributed by atoms with E-state index in [4.69, 9.17) is 10.5 Å². The van der Waals surface area contributed by atoms with Crippen molar-refractivity contribution in [3.05, 3.63) is 71.7 Å². The minimum Gasteiger partial charge on any atom is -0.496 e. The van der Waals surface area contributed by atoms with E-state index in [0.29, 0.717) is 12.1 Å². The fourth-order valence-electron chi connectivity index (χ4n) is 5.28. The Morgan fingerprint density at radius 1 is 1.19 bits per heavy atom. The van der Waals surface area contributed by atoms with Crippen molar-refractivity contribution in [1.82, 2.24) is 9.97 Å². The van der Waals surface area contributed by atoms with Crippen LogP contribution in [0.5, 0.6) is 5.75 Å². The van der Waals surface area contributed by atoms with Gasteiger partial charge in [-0.05, 0) is 60.6 Å². The quantitative estimate of drug-likeness (QED) is 0.462. The number of nitrogens with two attached hydrogens (primary N) is 1. The average molecular weight is 529 g/mol. The van der Waals surface area contributed by atoms with E-state index >= 15 is 0 Å². The fourth-order valence-corrected chi connectivity index (χ4v) is 6.73. The van der Waals surface area contributed by atoms with Crippen molar-refractivity contribution < 1.29 is 22.5 Å². The van der Waals surface area contributed by atoms with Gasteiger partial charge in [-0.15, -0.1) is 0 Å². The Morgan fingerprint density at radius 2 is 1.97 bits per heavy atom. The van der Waals surface area contributed by atoms with Crippen molar-refractivity contribution in [3.63, 3.8) is 0 Å². The molecule has 1 aliphatic rings. The number of benzene rings is 1. The number of ether oxygens (including phenoxy) is 1. The van der Waals surface area contributed by atoms with E-state index in [1.807, 2.05) is 6.07 Å². The molecule has 3 N–H and O–H groups in total. The highest BCUT2D eigenvalue weighted by molar-refractivity contribution is 7.85. The van der Waals surface area contributed by atoms with Crippen LogP contribution in [0.4, 0.5) is 14.5 Å². The summed E-state index contributed by atoms with van der Waals surface area (Å²) >= 11 is 0. The number of anilines is 1. The molecule has 1 aliphatic carbocycles. The van der Waals surface area contributed by atoms with Crippen LogP contribution in [-0.2, 0) is 10.8 Å². The van der Waals surface area contributed by atoms with Gasteiger partial charge in [0.2, 0.25) is 0 Å². The highest BCUT2D eigenvalue weighted by Gasteiger charge is 2.38. The molecule has 1 amide bonds. The summed E-state index contributed by atoms with van der Waals surface area (Å²) in [7, 11) is 0.316. The zero-order valence-electron chi connectivity index (χ0n) is 20.9. The minimum absolute atomic E-state index is 0.0393. The molecule has 4 rings (SSSR count). The number of halogens is 2. The van der Waals surface area contributed by atoms with Gasteiger partial charge in [0.05, 0.1) is 29.8 Å². The number of carbonyl (C=O) groups excluding carboxylic acids is 1. The van der Waals surface area contributed by atoms with Gasteiger partial charge < -0.3 is 15.8 Å². The van der Waals surface area contributed by atoms with Crippen LogP contribution in [0, 0.1) is 17.6 Å². The van der Waals surface area contributed by atoms with Gasteiger partial charge >= 0.3 is 0 Å². The second-order valence-electron chi connectivity index (χ2n) is 9.22. The van der Waals surface area contributed by atoms with E-state index in [1.165, 1.54) is 31.4 Å². The smallest absolute Gasteiger partial charge is 0.274 e. The summed E-state index contributed by atoms with van der Waals surface area (Å²) in [5.74, 6) is -1.77. The van der Waals surface area contributed by atoms with Gasteiger partial charge in [-0.3, -0.25) is 14.0 Å². The number of nitrogens with zero attached hydrogens (tertiary/aromatic N) is 2. The Kier molecular flexibility index (Phi) is 8.29. The molecule has 10 heteroatoms. The molecule has 7 nitrogen and oxygen atoms in total. The van der Waals surface area contributed by atoms with E-state index < -0.39 is 28.3 Å². The Labute approximate surface area is 217 Å². The van der Waals surface area contributed by atoms with Crippen LogP contribution in [-0.4, -0.2) is 44.7 Å². The topological polar surface area (TPSA) is 107 Å². The highest BCUT2D eigenvalue weighted by atomic mass is 32.2. The third-order valence-corrected chi connectivity index (χ3v) is 8.49. The second kappa shape index (κ2) is 11.4. The molecule has 37 heavy (non-hydrogen) atoms. The maximum Gasteiger partial charge on any atom is 0.274 e. The third-order valence-electron chi connectivity index (χ3n) is 6.99. The summed E-state index contributed by atoms with van der Waals surface area (Å²) in [6.07, 6.45) is 7.16. The molecule has 0 spiro atoms. The lowest BCUT2D eigenvalue weighted by Crippen LogP contribution is -2.47. The fraction of sp³-hybridized carbons (Fsp3) is 0.370. The van der Waals surface area contributed by atoms with Gasteiger partial charge in [0.1, 0.15) is 28.8 Å². The normalized spacial score (nSPS) is 22.3. The average Bonchev–Trinajstić information content (AvgIpc) is 2.88. The number of pyridine rings is 2. The predicted molar refractivity (Wildman–Crippen MR) is 140 cm³/mol. The van der Waals surface area contributed by atoms with E-state index in [9.17, 15) is 17.8 Å². The van der Waals surface area contributed by atoms with Crippen molar-refractivity contribution in [2.45, 2.75) is 43.4 Å². The molecule has 0 radical (unpaired) electrons. The first-order valence-electron chi connectivity index (χ1n) is 12.1. The van der Waals surface area contributed by atoms with Crippen LogP contribution >= 0.6 is 0 Å². The van der Waals surface area contributed by atoms with E-state index in [2.05, 4.69) is 22.2 Å². The zero-order chi connectivity index (χ0) is 26.7. The summed E-state index contributed by atoms with van der Waals surface area (Å²) in [5.41, 5.74) is 7.24. The Bertz CT molecular complexity index is 1320. The first-order valence-corrected chi connectivity index (χ1v) is 13.7. The summed E-state index contributed by atoms with van der Waals surface area (Å²) in [6, 6.07) is 8.03. The number of amides is 1. The largest absolute Gasteiger partial charge is 0.496 e. The maximum absolute atomic E-state index is 14.7. The number of carbonyl (C=O) groups is 1. The van der Waals surface area contributed by atoms with Crippen molar-refractivity contribution in [2.24, 2.45) is 11.7 Å². The molecular weight excluding hydrogens is 498 g/mol. The van der Waals surface area contributed by atoms with Crippen LogP contribution in [0.1, 0.15) is 48.2 Å². The van der Waals surface area contributed by atoms with E-state index in [0.717, 1.165) is 24.5 Å². The number of hydrogen-bond donors (Lipinski definition) is 2. The number of hydrogen-bond acceptors (Lipinski definition) is 6. The second-order valence-corrected chi connectivity index (χ2v) is 10.8.